The smallest absolute Gasteiger partial charge is 0.161 e. The Balaban J connectivity index is 0.000000203. The molecule has 0 spiro atoms. The number of ketones is 4. The molecule has 16 nitrogen and oxygen atoms in total. The van der Waals surface area contributed by atoms with Gasteiger partial charge in [0.25, 0.3) is 0 Å². The molecule has 4 aromatic rings. The summed E-state index contributed by atoms with van der Waals surface area (Å²) < 4.78 is 389. The van der Waals surface area contributed by atoms with E-state index >= 15 is 0 Å². The standard InChI is InChI=1S/2C20H29NO3.2C19H27NO3/c2*1-5-13(2)8-15-12-21-7-6-14-9-19(23-3)20(24-4)10-16(14)17(21)11-18(15)22;2*1-12(2)7-14-11-20-6-5-13-8-18(22-3)19(23-4)9-15(13)16(20)10-17(14)21/h2*9-10,13,15,17H,5-8,11-12H2,1-4H3;2*8-9,12,14,16H,5-7,10-11H2,1-4H3/i2D3,5D2,8D2,9D,10D,11D2,12D2,13D,15D;2D3,5D2,8D2,9D,10D,12D2,13D;8D,9D,10D2,11D2,14D;5D2,6D2,8D,9D,16D. The van der Waals surface area contributed by atoms with Crippen molar-refractivity contribution in [2.45, 2.75) is 169 Å². The average molecular weight is 1340 g/mol. The molecule has 0 N–H and O–H groups in total. The Labute approximate surface area is 619 Å². The van der Waals surface area contributed by atoms with E-state index in [1.54, 1.807) is 13.8 Å². The van der Waals surface area contributed by atoms with Gasteiger partial charge in [-0.05, 0) is 168 Å². The normalized spacial score (nSPS) is 38.6. The van der Waals surface area contributed by atoms with Crippen LogP contribution in [0.5, 0.6) is 46.0 Å². The van der Waals surface area contributed by atoms with Crippen LogP contribution in [0.2, 0.25) is 0 Å². The van der Waals surface area contributed by atoms with E-state index in [9.17, 15) is 19.2 Å². The number of fused-ring (bicyclic) bond motifs is 12. The van der Waals surface area contributed by atoms with Crippen LogP contribution in [0.3, 0.4) is 0 Å². The Hall–Kier alpha value is -6.20. The number of carbonyl (C=O) groups excluding carboxylic acids is 4. The number of carbonyl (C=O) groups is 4. The van der Waals surface area contributed by atoms with Crippen LogP contribution >= 0.6 is 0 Å². The van der Waals surface area contributed by atoms with E-state index in [1.165, 1.54) is 54.7 Å². The fourth-order valence-corrected chi connectivity index (χ4v) is 11.9. The van der Waals surface area contributed by atoms with E-state index in [-0.39, 0.29) is 173 Å². The molecule has 4 saturated heterocycles. The van der Waals surface area contributed by atoms with Gasteiger partial charge >= 0.3 is 0 Å². The number of benzene rings is 4. The van der Waals surface area contributed by atoms with Gasteiger partial charge in [-0.2, -0.15) is 0 Å². The highest BCUT2D eigenvalue weighted by Gasteiger charge is 2.43. The lowest BCUT2D eigenvalue weighted by Crippen LogP contribution is -2.46. The van der Waals surface area contributed by atoms with Gasteiger partial charge in [0, 0.05) is 169 Å². The second kappa shape index (κ2) is 32.7. The van der Waals surface area contributed by atoms with Crippen LogP contribution in [0.1, 0.15) is 244 Å². The Morgan fingerprint density at radius 3 is 1.33 bits per heavy atom. The van der Waals surface area contributed by atoms with Gasteiger partial charge in [-0.1, -0.05) is 68.0 Å². The number of hydrogen-bond donors (Lipinski definition) is 0. The summed E-state index contributed by atoms with van der Waals surface area (Å²) in [6.07, 6.45) is -23.1. The molecule has 16 heteroatoms. The summed E-state index contributed by atoms with van der Waals surface area (Å²) in [5.74, 6) is -21.8. The number of methoxy groups -OCH3 is 8. The molecule has 0 amide bonds. The lowest BCUT2D eigenvalue weighted by atomic mass is 9.79. The molecule has 10 unspecified atom stereocenters. The first-order valence-electron chi connectivity index (χ1n) is 51.3. The predicted octanol–water partition coefficient (Wildman–Crippen LogP) is 13.7. The lowest BCUT2D eigenvalue weighted by Gasteiger charge is -2.43. The van der Waals surface area contributed by atoms with Crippen molar-refractivity contribution >= 4 is 23.1 Å². The van der Waals surface area contributed by atoms with Crippen LogP contribution in [0.25, 0.3) is 0 Å². The molecule has 0 aliphatic carbocycles. The average Bonchev–Trinajstić information content (AvgIpc) is 0.659. The highest BCUT2D eigenvalue weighted by atomic mass is 16.5. The van der Waals surface area contributed by atoms with Crippen molar-refractivity contribution in [1.29, 1.82) is 0 Å². The molecule has 10 atom stereocenters. The highest BCUT2D eigenvalue weighted by molar-refractivity contribution is 5.85. The summed E-state index contributed by atoms with van der Waals surface area (Å²) in [6, 6.07) is -8.75. The summed E-state index contributed by atoms with van der Waals surface area (Å²) in [6.45, 7) is -10.9. The summed E-state index contributed by atoms with van der Waals surface area (Å²) in [4.78, 5) is 57.5. The van der Waals surface area contributed by atoms with Crippen molar-refractivity contribution in [2.24, 2.45) is 47.2 Å². The topological polar surface area (TPSA) is 155 Å². The number of ether oxygens (including phenoxy) is 8. The van der Waals surface area contributed by atoms with Crippen LogP contribution in [-0.2, 0) is 44.8 Å². The lowest BCUT2D eigenvalue weighted by molar-refractivity contribution is -0.130. The molecule has 0 radical (unpaired) electrons. The first-order chi connectivity index (χ1) is 61.1. The maximum Gasteiger partial charge on any atom is 0.161 e. The van der Waals surface area contributed by atoms with Gasteiger partial charge in [0.1, 0.15) is 23.1 Å². The number of piperidine rings is 4. The molecule has 94 heavy (non-hydrogen) atoms. The third kappa shape index (κ3) is 16.4. The molecular weight excluding hydrogens is 1180 g/mol. The van der Waals surface area contributed by atoms with E-state index in [0.717, 1.165) is 23.8 Å². The number of rotatable bonds is 18. The molecule has 0 saturated carbocycles. The van der Waals surface area contributed by atoms with Gasteiger partial charge < -0.3 is 37.9 Å². The van der Waals surface area contributed by atoms with Gasteiger partial charge in [0.2, 0.25) is 0 Å². The zero-order valence-corrected chi connectivity index (χ0v) is 55.5. The van der Waals surface area contributed by atoms with Crippen LogP contribution in [0.15, 0.2) is 48.3 Å². The molecule has 4 aromatic carbocycles. The van der Waals surface area contributed by atoms with Crippen molar-refractivity contribution in [3.63, 3.8) is 0 Å². The monoisotopic (exact) mass is 1340 g/mol. The molecular formula is C78H112N4O12. The molecule has 516 valence electrons. The zero-order chi connectivity index (χ0) is 104. The molecule has 12 rings (SSSR count). The van der Waals surface area contributed by atoms with Gasteiger partial charge in [-0.15, -0.1) is 0 Å². The van der Waals surface area contributed by atoms with Gasteiger partial charge in [0.05, 0.1) is 69.2 Å². The van der Waals surface area contributed by atoms with Gasteiger partial charge in [-0.3, -0.25) is 38.8 Å². The van der Waals surface area contributed by atoms with E-state index in [0.29, 0.717) is 29.4 Å². The zero-order valence-electron chi connectivity index (χ0n) is 96.5. The van der Waals surface area contributed by atoms with E-state index in [2.05, 4.69) is 0 Å². The van der Waals surface area contributed by atoms with Crippen molar-refractivity contribution < 1.29 is 113 Å². The summed E-state index contributed by atoms with van der Waals surface area (Å²) >= 11 is 0. The Bertz CT molecular complexity index is 5280. The summed E-state index contributed by atoms with van der Waals surface area (Å²) in [5, 5.41) is 0. The second-order valence-corrected chi connectivity index (χ2v) is 23.5. The van der Waals surface area contributed by atoms with E-state index in [1.807, 2.05) is 13.8 Å². The molecule has 8 aliphatic rings. The minimum Gasteiger partial charge on any atom is -0.493 e. The minimum atomic E-state index is -4.13. The molecule has 8 heterocycles. The Morgan fingerprint density at radius 1 is 0.489 bits per heavy atom. The third-order valence-electron chi connectivity index (χ3n) is 16.5. The first kappa shape index (κ1) is 35.3. The van der Waals surface area contributed by atoms with Crippen LogP contribution in [0, 0.1) is 47.2 Å². The second-order valence-electron chi connectivity index (χ2n) is 23.5. The number of Topliss-reactive ketones (excluding diaryl/α,β-unsaturated/α-hetero) is 4. The number of nitrogens with zero attached hydrogens (tertiary/aromatic N) is 4. The van der Waals surface area contributed by atoms with Gasteiger partial charge in [0.15, 0.2) is 46.0 Å². The van der Waals surface area contributed by atoms with Crippen LogP contribution < -0.4 is 37.9 Å². The highest BCUT2D eigenvalue weighted by Crippen LogP contribution is 2.48. The Morgan fingerprint density at radius 2 is 0.883 bits per heavy atom. The largest absolute Gasteiger partial charge is 0.493 e. The SMILES string of the molecule is [2H]c1c(OC)c(OC)c([2H])c2c1C1([2H])CC(=O)C(CC(C)C)CN1C([2H])([2H])C2([2H])[2H].[2H]c1c2c(c([2H])c(OC)c1OC)C1CC(=O)C(C([2H])([2H])C([2H])(C([2H])([2H])[2H])C([2H])([2H])C)C([2H])([2H])N1CC2.[2H]c1c2c(c([2H])c(OC)c1OC)C1N(CC2)C([2H])([2H])C([2H])(C([2H])([2H])C([2H])(C([2H])([2H])[2H])C([2H])([2H])C)C(=O)C1([2H])[2H].[2H]c1c2c(c([2H])c(OC)c1OC)C1N(CC2)C([2H])([2H])C([2H])(CC(C)C)C(=O)C1([2H])[2H]. The fraction of sp³-hybridized carbons (Fsp3) is 0.641. The quantitative estimate of drug-likeness (QED) is 0.0926. The van der Waals surface area contributed by atoms with Crippen LogP contribution in [0.4, 0.5) is 0 Å². The van der Waals surface area contributed by atoms with E-state index in [4.69, 9.17) is 94.1 Å². The first-order valence-corrected chi connectivity index (χ1v) is 30.8. The molecule has 0 bridgehead atoms. The summed E-state index contributed by atoms with van der Waals surface area (Å²) in [5.41, 5.74) is 0.0234. The number of hydrogen-bond acceptors (Lipinski definition) is 16. The van der Waals surface area contributed by atoms with Crippen molar-refractivity contribution in [3.8, 4) is 46.0 Å². The van der Waals surface area contributed by atoms with Crippen LogP contribution in [-0.4, -0.2) is 152 Å². The van der Waals surface area contributed by atoms with Crippen molar-refractivity contribution in [1.82, 2.24) is 19.6 Å². The van der Waals surface area contributed by atoms with E-state index < -0.39 is 198 Å². The fourth-order valence-electron chi connectivity index (χ4n) is 11.9. The third-order valence-corrected chi connectivity index (χ3v) is 16.5. The molecule has 4 fully saturated rings. The molecule has 8 aliphatic heterocycles. The summed E-state index contributed by atoms with van der Waals surface area (Å²) in [7, 11) is 10.2. The maximum absolute atomic E-state index is 13.8. The Kier molecular flexibility index (Phi) is 12.3. The van der Waals surface area contributed by atoms with Gasteiger partial charge in [-0.25, -0.2) is 0 Å². The molecule has 0 aromatic heterocycles. The maximum atomic E-state index is 13.8. The van der Waals surface area contributed by atoms with Crippen molar-refractivity contribution in [2.75, 3.05) is 109 Å². The van der Waals surface area contributed by atoms with Crippen molar-refractivity contribution in [3.05, 3.63) is 92.8 Å². The predicted molar refractivity (Wildman–Crippen MR) is 370 cm³/mol. The minimum absolute atomic E-state index is 0.0109.